The first-order valence-electron chi connectivity index (χ1n) is 9.46. The van der Waals surface area contributed by atoms with Crippen molar-refractivity contribution in [3.8, 4) is 5.75 Å². The molecule has 12 nitrogen and oxygen atoms in total. The maximum absolute atomic E-state index is 11.8. The summed E-state index contributed by atoms with van der Waals surface area (Å²) >= 11 is 0. The molecular weight excluding hydrogens is 410 g/mol. The predicted molar refractivity (Wildman–Crippen MR) is 105 cm³/mol. The maximum atomic E-state index is 11.8. The van der Waals surface area contributed by atoms with E-state index in [0.717, 1.165) is 0 Å². The Morgan fingerprint density at radius 3 is 2.55 bits per heavy atom. The molecule has 1 aliphatic heterocycles. The Morgan fingerprint density at radius 2 is 1.90 bits per heavy atom. The minimum absolute atomic E-state index is 0.0801. The Morgan fingerprint density at radius 1 is 1.16 bits per heavy atom. The number of phenolic OH excluding ortho intramolecular Hbond substituents is 1. The second kappa shape index (κ2) is 8.43. The molecule has 0 bridgehead atoms. The number of nitrogens with zero attached hydrogens (tertiary/aromatic N) is 4. The van der Waals surface area contributed by atoms with Crippen LogP contribution in [0.2, 0.25) is 0 Å². The molecule has 1 saturated heterocycles. The lowest BCUT2D eigenvalue weighted by Crippen LogP contribution is -2.33. The predicted octanol–water partition coefficient (Wildman–Crippen LogP) is -0.749. The molecule has 6 N–H and O–H groups in total. The zero-order chi connectivity index (χ0) is 22.1. The number of aromatic hydroxyl groups is 1. The van der Waals surface area contributed by atoms with Gasteiger partial charge in [-0.15, -0.1) is 0 Å². The molecule has 1 aromatic carbocycles. The summed E-state index contributed by atoms with van der Waals surface area (Å²) in [5.41, 5.74) is 1.19. The zero-order valence-corrected chi connectivity index (χ0v) is 16.1. The van der Waals surface area contributed by atoms with E-state index in [1.54, 1.807) is 12.1 Å². The van der Waals surface area contributed by atoms with Crippen LogP contribution in [0.25, 0.3) is 11.2 Å². The van der Waals surface area contributed by atoms with Crippen LogP contribution in [0, 0.1) is 0 Å². The fourth-order valence-corrected chi connectivity index (χ4v) is 3.49. The van der Waals surface area contributed by atoms with Crippen LogP contribution >= 0.6 is 0 Å². The largest absolute Gasteiger partial charge is 0.508 e. The number of fused-ring (bicyclic) bond motifs is 1. The topological polar surface area (TPSA) is 183 Å². The van der Waals surface area contributed by atoms with Gasteiger partial charge in [0, 0.05) is 6.42 Å². The molecule has 0 amide bonds. The summed E-state index contributed by atoms with van der Waals surface area (Å²) in [6.07, 6.45) is -1.93. The molecule has 164 valence electrons. The number of anilines is 1. The van der Waals surface area contributed by atoms with Gasteiger partial charge in [-0.1, -0.05) is 12.1 Å². The third-order valence-corrected chi connectivity index (χ3v) is 5.14. The molecule has 2 aromatic heterocycles. The first kappa shape index (κ1) is 20.9. The highest BCUT2D eigenvalue weighted by Gasteiger charge is 2.44. The van der Waals surface area contributed by atoms with Crippen molar-refractivity contribution in [3.05, 3.63) is 42.5 Å². The lowest BCUT2D eigenvalue weighted by molar-refractivity contribution is -0.137. The van der Waals surface area contributed by atoms with Crippen molar-refractivity contribution in [2.45, 2.75) is 37.0 Å². The number of carboxylic acid groups (broad SMARTS) is 1. The van der Waals surface area contributed by atoms with E-state index in [9.17, 15) is 30.3 Å². The van der Waals surface area contributed by atoms with Gasteiger partial charge in [-0.3, -0.25) is 4.57 Å². The van der Waals surface area contributed by atoms with E-state index in [0.29, 0.717) is 5.56 Å². The normalized spacial score (nSPS) is 24.4. The Balaban J connectivity index is 1.61. The van der Waals surface area contributed by atoms with Crippen LogP contribution in [0.15, 0.2) is 36.9 Å². The van der Waals surface area contributed by atoms with E-state index in [-0.39, 0.29) is 29.2 Å². The molecule has 1 fully saturated rings. The monoisotopic (exact) mass is 431 g/mol. The van der Waals surface area contributed by atoms with Crippen molar-refractivity contribution in [2.75, 3.05) is 11.9 Å². The van der Waals surface area contributed by atoms with Crippen molar-refractivity contribution in [2.24, 2.45) is 0 Å². The number of aliphatic carboxylic acids is 1. The summed E-state index contributed by atoms with van der Waals surface area (Å²) in [6, 6.07) is 5.15. The van der Waals surface area contributed by atoms with Gasteiger partial charge in [0.1, 0.15) is 36.4 Å². The zero-order valence-electron chi connectivity index (χ0n) is 16.1. The Labute approximate surface area is 175 Å². The average molecular weight is 431 g/mol. The Hall–Kier alpha value is -3.32. The summed E-state index contributed by atoms with van der Waals surface area (Å²) in [5.74, 6) is -0.860. The number of ether oxygens (including phenoxy) is 1. The van der Waals surface area contributed by atoms with Gasteiger partial charge in [-0.05, 0) is 17.7 Å². The van der Waals surface area contributed by atoms with Gasteiger partial charge in [0.15, 0.2) is 23.2 Å². The van der Waals surface area contributed by atoms with Gasteiger partial charge in [-0.2, -0.15) is 0 Å². The molecule has 0 aliphatic carbocycles. The summed E-state index contributed by atoms with van der Waals surface area (Å²) < 4.78 is 6.90. The average Bonchev–Trinajstić information content (AvgIpc) is 3.31. The van der Waals surface area contributed by atoms with E-state index in [1.807, 2.05) is 0 Å². The van der Waals surface area contributed by atoms with E-state index >= 15 is 0 Å². The molecule has 1 aliphatic rings. The van der Waals surface area contributed by atoms with Gasteiger partial charge < -0.3 is 35.6 Å². The van der Waals surface area contributed by atoms with E-state index in [1.165, 1.54) is 29.4 Å². The summed E-state index contributed by atoms with van der Waals surface area (Å²) in [7, 11) is 0. The minimum Gasteiger partial charge on any atom is -0.508 e. The Kier molecular flexibility index (Phi) is 5.69. The van der Waals surface area contributed by atoms with Gasteiger partial charge >= 0.3 is 5.97 Å². The summed E-state index contributed by atoms with van der Waals surface area (Å²) in [5, 5.41) is 51.4. The quantitative estimate of drug-likeness (QED) is 0.277. The summed E-state index contributed by atoms with van der Waals surface area (Å²) in [4.78, 5) is 24.2. The lowest BCUT2D eigenvalue weighted by Gasteiger charge is -2.17. The van der Waals surface area contributed by atoms with E-state index in [4.69, 9.17) is 4.74 Å². The second-order valence-electron chi connectivity index (χ2n) is 7.18. The standard InChI is InChI=1S/C19H21N5O7/c25-6-12-14(27)15(28)18(31-12)24-8-22-13-16(20-7-21-17(13)24)23-11(19(29)30)5-9-1-3-10(26)4-2-9/h1-4,7-8,11-12,14-15,18,25-28H,5-6H2,(H,29,30)(H,20,21,23)/t11-,12?,14?,15?,18?/m1/s1. The third kappa shape index (κ3) is 4.01. The molecule has 0 saturated carbocycles. The summed E-state index contributed by atoms with van der Waals surface area (Å²) in [6.45, 7) is -0.472. The highest BCUT2D eigenvalue weighted by molar-refractivity contribution is 5.86. The van der Waals surface area contributed by atoms with Crippen molar-refractivity contribution >= 4 is 23.0 Å². The SMILES string of the molecule is O=C(O)[C@@H](Cc1ccc(O)cc1)Nc1ncnc2c1ncn2C1OC(CO)C(O)C1O. The van der Waals surface area contributed by atoms with Crippen LogP contribution in [0.5, 0.6) is 5.75 Å². The number of nitrogens with one attached hydrogen (secondary N) is 1. The van der Waals surface area contributed by atoms with Gasteiger partial charge in [0.05, 0.1) is 12.9 Å². The maximum Gasteiger partial charge on any atom is 0.326 e. The minimum atomic E-state index is -1.32. The number of imidazole rings is 1. The fourth-order valence-electron chi connectivity index (χ4n) is 3.49. The van der Waals surface area contributed by atoms with Crippen LogP contribution in [0.4, 0.5) is 5.82 Å². The number of hydrogen-bond acceptors (Lipinski definition) is 10. The van der Waals surface area contributed by atoms with Crippen LogP contribution in [0.1, 0.15) is 11.8 Å². The molecule has 5 atom stereocenters. The van der Waals surface area contributed by atoms with Crippen molar-refractivity contribution in [1.29, 1.82) is 0 Å². The van der Waals surface area contributed by atoms with Gasteiger partial charge in [0.2, 0.25) is 0 Å². The molecule has 3 heterocycles. The number of hydrogen-bond donors (Lipinski definition) is 6. The second-order valence-corrected chi connectivity index (χ2v) is 7.18. The molecule has 4 rings (SSSR count). The van der Waals surface area contributed by atoms with E-state index in [2.05, 4.69) is 20.3 Å². The van der Waals surface area contributed by atoms with Gasteiger partial charge in [-0.25, -0.2) is 19.7 Å². The van der Waals surface area contributed by atoms with Crippen LogP contribution in [0.3, 0.4) is 0 Å². The van der Waals surface area contributed by atoms with E-state index < -0.39 is 43.2 Å². The first-order chi connectivity index (χ1) is 14.9. The highest BCUT2D eigenvalue weighted by atomic mass is 16.6. The van der Waals surface area contributed by atoms with Crippen molar-refractivity contribution in [1.82, 2.24) is 19.5 Å². The molecule has 31 heavy (non-hydrogen) atoms. The number of aromatic nitrogens is 4. The molecule has 0 spiro atoms. The van der Waals surface area contributed by atoms with Gasteiger partial charge in [0.25, 0.3) is 0 Å². The fraction of sp³-hybridized carbons (Fsp3) is 0.368. The number of rotatable bonds is 7. The van der Waals surface area contributed by atoms with Crippen molar-refractivity contribution in [3.63, 3.8) is 0 Å². The molecule has 4 unspecified atom stereocenters. The number of aliphatic hydroxyl groups excluding tert-OH is 3. The Bertz CT molecular complexity index is 1070. The molecule has 0 radical (unpaired) electrons. The number of carbonyl (C=O) groups is 1. The van der Waals surface area contributed by atoms with Crippen LogP contribution in [-0.2, 0) is 16.0 Å². The molecular formula is C19H21N5O7. The number of benzene rings is 1. The number of aliphatic hydroxyl groups is 3. The lowest BCUT2D eigenvalue weighted by atomic mass is 10.1. The van der Waals surface area contributed by atoms with Crippen LogP contribution < -0.4 is 5.32 Å². The smallest absolute Gasteiger partial charge is 0.326 e. The number of phenols is 1. The molecule has 12 heteroatoms. The number of carboxylic acids is 1. The van der Waals surface area contributed by atoms with Crippen molar-refractivity contribution < 1.29 is 35.1 Å². The third-order valence-electron chi connectivity index (χ3n) is 5.14. The van der Waals surface area contributed by atoms with Crippen LogP contribution in [-0.4, -0.2) is 82.0 Å². The first-order valence-corrected chi connectivity index (χ1v) is 9.46. The molecule has 3 aromatic rings. The highest BCUT2D eigenvalue weighted by Crippen LogP contribution is 2.32.